The number of thioether (sulfide) groups is 1. The monoisotopic (exact) mass is 482 g/mol. The predicted octanol–water partition coefficient (Wildman–Crippen LogP) is 4.36. The van der Waals surface area contributed by atoms with Gasteiger partial charge in [-0.3, -0.25) is 14.4 Å². The zero-order valence-corrected chi connectivity index (χ0v) is 19.6. The number of aryl methyl sites for hydroxylation is 2. The van der Waals surface area contributed by atoms with E-state index in [9.17, 15) is 13.2 Å². The molecule has 3 aromatic rings. The minimum Gasteiger partial charge on any atom is -0.299 e. The third kappa shape index (κ3) is 5.12. The molecule has 0 radical (unpaired) electrons. The first-order valence-corrected chi connectivity index (χ1v) is 12.6. The number of hydrogen-bond acceptors (Lipinski definition) is 7. The van der Waals surface area contributed by atoms with Crippen molar-refractivity contribution < 1.29 is 13.2 Å². The van der Waals surface area contributed by atoms with E-state index in [0.29, 0.717) is 20.2 Å². The Morgan fingerprint density at radius 1 is 1.13 bits per heavy atom. The molecule has 1 N–H and O–H groups in total. The molecule has 3 rings (SSSR count). The summed E-state index contributed by atoms with van der Waals surface area (Å²) in [6.07, 6.45) is 1.85. The van der Waals surface area contributed by atoms with Crippen LogP contribution in [-0.4, -0.2) is 37.3 Å². The molecule has 1 heterocycles. The number of rotatable bonds is 7. The van der Waals surface area contributed by atoms with E-state index in [0.717, 1.165) is 15.4 Å². The first-order chi connectivity index (χ1) is 14.2. The van der Waals surface area contributed by atoms with Gasteiger partial charge in [-0.25, -0.2) is 8.42 Å². The van der Waals surface area contributed by atoms with E-state index in [4.69, 9.17) is 11.6 Å². The van der Waals surface area contributed by atoms with Crippen LogP contribution in [0.5, 0.6) is 0 Å². The van der Waals surface area contributed by atoms with Crippen LogP contribution in [0.4, 0.5) is 10.8 Å². The molecule has 0 saturated carbocycles. The smallest absolute Gasteiger partial charge is 0.264 e. The molecule has 0 bridgehead atoms. The first-order valence-electron chi connectivity index (χ1n) is 8.73. The maximum atomic E-state index is 13.4. The van der Waals surface area contributed by atoms with Gasteiger partial charge in [-0.2, -0.15) is 0 Å². The van der Waals surface area contributed by atoms with Crippen molar-refractivity contribution in [1.29, 1.82) is 0 Å². The Bertz CT molecular complexity index is 1160. The van der Waals surface area contributed by atoms with Crippen LogP contribution in [0.1, 0.15) is 11.1 Å². The predicted molar refractivity (Wildman–Crippen MR) is 122 cm³/mol. The van der Waals surface area contributed by atoms with E-state index in [1.165, 1.54) is 47.4 Å². The highest BCUT2D eigenvalue weighted by Gasteiger charge is 2.28. The topological polar surface area (TPSA) is 92.3 Å². The van der Waals surface area contributed by atoms with E-state index in [1.54, 1.807) is 12.1 Å². The Hall–Kier alpha value is -2.14. The SMILES string of the molecule is CSc1nnc(NC(=O)CN(c2ccc(C)c(C)c2)S(=O)(=O)c2ccc(Cl)cc2)s1. The van der Waals surface area contributed by atoms with Crippen LogP contribution < -0.4 is 9.62 Å². The zero-order valence-electron chi connectivity index (χ0n) is 16.4. The summed E-state index contributed by atoms with van der Waals surface area (Å²) >= 11 is 8.53. The normalized spacial score (nSPS) is 11.3. The molecule has 0 aliphatic rings. The fourth-order valence-corrected chi connectivity index (χ4v) is 5.29. The van der Waals surface area contributed by atoms with Crippen LogP contribution in [-0.2, 0) is 14.8 Å². The summed E-state index contributed by atoms with van der Waals surface area (Å²) in [4.78, 5) is 12.7. The minimum atomic E-state index is -4.01. The molecule has 0 aliphatic carbocycles. The summed E-state index contributed by atoms with van der Waals surface area (Å²) in [5.74, 6) is -0.519. The lowest BCUT2D eigenvalue weighted by molar-refractivity contribution is -0.114. The Balaban J connectivity index is 1.95. The van der Waals surface area contributed by atoms with E-state index < -0.39 is 22.5 Å². The van der Waals surface area contributed by atoms with Crippen molar-refractivity contribution in [1.82, 2.24) is 10.2 Å². The number of hydrogen-bond donors (Lipinski definition) is 1. The summed E-state index contributed by atoms with van der Waals surface area (Å²) < 4.78 is 28.5. The molecule has 0 spiro atoms. The Morgan fingerprint density at radius 3 is 2.43 bits per heavy atom. The molecule has 11 heteroatoms. The number of nitrogens with zero attached hydrogens (tertiary/aromatic N) is 3. The summed E-state index contributed by atoms with van der Waals surface area (Å²) in [7, 11) is -4.01. The Morgan fingerprint density at radius 2 is 1.83 bits per heavy atom. The van der Waals surface area contributed by atoms with Crippen molar-refractivity contribution in [3.8, 4) is 0 Å². The largest absolute Gasteiger partial charge is 0.299 e. The summed E-state index contributed by atoms with van der Waals surface area (Å²) in [5, 5.41) is 11.2. The third-order valence-electron chi connectivity index (χ3n) is 4.29. The molecular weight excluding hydrogens is 464 g/mol. The van der Waals surface area contributed by atoms with Gasteiger partial charge < -0.3 is 0 Å². The summed E-state index contributed by atoms with van der Waals surface area (Å²) in [6.45, 7) is 3.40. The van der Waals surface area contributed by atoms with E-state index in [1.807, 2.05) is 26.2 Å². The molecule has 0 aliphatic heterocycles. The number of carbonyl (C=O) groups is 1. The van der Waals surface area contributed by atoms with Crippen molar-refractivity contribution in [2.75, 3.05) is 22.4 Å². The van der Waals surface area contributed by atoms with Crippen molar-refractivity contribution in [3.05, 3.63) is 58.6 Å². The molecular formula is C19H19ClN4O3S3. The Kier molecular flexibility index (Phi) is 7.02. The van der Waals surface area contributed by atoms with Gasteiger partial charge in [-0.15, -0.1) is 10.2 Å². The van der Waals surface area contributed by atoms with Gasteiger partial charge in [0.15, 0.2) is 4.34 Å². The van der Waals surface area contributed by atoms with Crippen LogP contribution in [0.3, 0.4) is 0 Å². The van der Waals surface area contributed by atoms with Crippen molar-refractivity contribution in [2.45, 2.75) is 23.1 Å². The molecule has 30 heavy (non-hydrogen) atoms. The molecule has 1 aromatic heterocycles. The highest BCUT2D eigenvalue weighted by molar-refractivity contribution is 8.00. The van der Waals surface area contributed by atoms with Crippen LogP contribution in [0.2, 0.25) is 5.02 Å². The second kappa shape index (κ2) is 9.34. The van der Waals surface area contributed by atoms with Crippen molar-refractivity contribution in [2.24, 2.45) is 0 Å². The summed E-state index contributed by atoms with van der Waals surface area (Å²) in [6, 6.07) is 11.1. The van der Waals surface area contributed by atoms with E-state index in [-0.39, 0.29) is 4.90 Å². The van der Waals surface area contributed by atoms with E-state index in [2.05, 4.69) is 15.5 Å². The van der Waals surface area contributed by atoms with Gasteiger partial charge in [0.25, 0.3) is 10.0 Å². The van der Waals surface area contributed by atoms with Gasteiger partial charge in [-0.05, 0) is 67.6 Å². The second-order valence-corrected chi connectivity index (χ2v) is 10.7. The standard InChI is InChI=1S/C19H19ClN4O3S3/c1-12-4-7-15(10-13(12)2)24(30(26,27)16-8-5-14(20)6-9-16)11-17(25)21-18-22-23-19(28-3)29-18/h4-10H,11H2,1-3H3,(H,21,22,25). The highest BCUT2D eigenvalue weighted by Crippen LogP contribution is 2.27. The van der Waals surface area contributed by atoms with Gasteiger partial charge in [0.1, 0.15) is 6.54 Å². The first kappa shape index (κ1) is 22.5. The lowest BCUT2D eigenvalue weighted by Crippen LogP contribution is -2.38. The van der Waals surface area contributed by atoms with Gasteiger partial charge in [0.05, 0.1) is 10.6 Å². The Labute approximate surface area is 188 Å². The van der Waals surface area contributed by atoms with Gasteiger partial charge in [-0.1, -0.05) is 40.8 Å². The number of aromatic nitrogens is 2. The maximum absolute atomic E-state index is 13.4. The van der Waals surface area contributed by atoms with Crippen LogP contribution in [0.15, 0.2) is 51.7 Å². The number of carbonyl (C=O) groups excluding carboxylic acids is 1. The lowest BCUT2D eigenvalue weighted by Gasteiger charge is -2.24. The number of nitrogens with one attached hydrogen (secondary N) is 1. The van der Waals surface area contributed by atoms with Crippen LogP contribution in [0, 0.1) is 13.8 Å². The van der Waals surface area contributed by atoms with Crippen LogP contribution >= 0.6 is 34.7 Å². The quantitative estimate of drug-likeness (QED) is 0.397. The number of anilines is 2. The molecule has 0 fully saturated rings. The number of benzene rings is 2. The zero-order chi connectivity index (χ0) is 21.9. The minimum absolute atomic E-state index is 0.0403. The average Bonchev–Trinajstić information content (AvgIpc) is 3.16. The molecule has 0 saturated heterocycles. The van der Waals surface area contributed by atoms with Gasteiger partial charge in [0, 0.05) is 5.02 Å². The molecule has 158 valence electrons. The molecule has 0 atom stereocenters. The lowest BCUT2D eigenvalue weighted by atomic mass is 10.1. The van der Waals surface area contributed by atoms with Gasteiger partial charge in [0.2, 0.25) is 11.0 Å². The van der Waals surface area contributed by atoms with Crippen molar-refractivity contribution >= 4 is 61.4 Å². The molecule has 2 aromatic carbocycles. The fraction of sp³-hybridized carbons (Fsp3) is 0.211. The van der Waals surface area contributed by atoms with Crippen LogP contribution in [0.25, 0.3) is 0 Å². The second-order valence-electron chi connectivity index (χ2n) is 6.36. The molecule has 7 nitrogen and oxygen atoms in total. The fourth-order valence-electron chi connectivity index (χ4n) is 2.56. The summed E-state index contributed by atoms with van der Waals surface area (Å²) in [5.41, 5.74) is 2.33. The number of halogens is 1. The average molecular weight is 483 g/mol. The number of sulfonamides is 1. The molecule has 1 amide bonds. The third-order valence-corrected chi connectivity index (χ3v) is 8.15. The number of amides is 1. The highest BCUT2D eigenvalue weighted by atomic mass is 35.5. The molecule has 0 unspecified atom stereocenters. The van der Waals surface area contributed by atoms with Gasteiger partial charge >= 0.3 is 0 Å². The van der Waals surface area contributed by atoms with Crippen molar-refractivity contribution in [3.63, 3.8) is 0 Å². The van der Waals surface area contributed by atoms with E-state index >= 15 is 0 Å². The maximum Gasteiger partial charge on any atom is 0.264 e.